The van der Waals surface area contributed by atoms with E-state index in [1.54, 1.807) is 0 Å². The van der Waals surface area contributed by atoms with Crippen molar-refractivity contribution in [2.75, 3.05) is 26.8 Å². The molecule has 2 aromatic carbocycles. The number of alkyl carbamates (subject to hydrolysis) is 1. The van der Waals surface area contributed by atoms with Crippen LogP contribution in [-0.2, 0) is 19.1 Å². The number of methoxy groups -OCH3 is 1. The van der Waals surface area contributed by atoms with E-state index in [-0.39, 0.29) is 35.7 Å². The lowest BCUT2D eigenvalue weighted by Gasteiger charge is -2.30. The fourth-order valence-electron chi connectivity index (χ4n) is 8.00. The minimum atomic E-state index is -0.743. The Morgan fingerprint density at radius 3 is 2.39 bits per heavy atom. The van der Waals surface area contributed by atoms with Crippen LogP contribution in [0.15, 0.2) is 48.7 Å². The minimum absolute atomic E-state index is 0.0192. The van der Waals surface area contributed by atoms with Gasteiger partial charge in [-0.1, -0.05) is 58.6 Å². The van der Waals surface area contributed by atoms with Crippen molar-refractivity contribution >= 4 is 28.9 Å². The number of ether oxygens (including phenoxy) is 2. The molecule has 3 amide bonds. The Kier molecular flexibility index (Phi) is 10.5. The summed E-state index contributed by atoms with van der Waals surface area (Å²) >= 11 is 0. The summed E-state index contributed by atoms with van der Waals surface area (Å²) in [4.78, 5) is 59.7. The lowest BCUT2D eigenvalue weighted by molar-refractivity contribution is -0.137. The van der Waals surface area contributed by atoms with Crippen LogP contribution in [0.25, 0.3) is 22.3 Å². The molecular formula is C42H51N7O5. The number of imidazole rings is 2. The predicted molar refractivity (Wildman–Crippen MR) is 205 cm³/mol. The van der Waals surface area contributed by atoms with Crippen molar-refractivity contribution in [3.8, 4) is 23.1 Å². The molecule has 0 aliphatic carbocycles. The normalized spacial score (nSPS) is 22.2. The van der Waals surface area contributed by atoms with Gasteiger partial charge in [0.25, 0.3) is 0 Å². The van der Waals surface area contributed by atoms with E-state index in [1.165, 1.54) is 7.11 Å². The summed E-state index contributed by atoms with van der Waals surface area (Å²) < 4.78 is 11.1. The van der Waals surface area contributed by atoms with Crippen molar-refractivity contribution in [3.63, 3.8) is 0 Å². The summed E-state index contributed by atoms with van der Waals surface area (Å²) in [6.07, 6.45) is 5.53. The van der Waals surface area contributed by atoms with E-state index in [4.69, 9.17) is 14.5 Å². The molecule has 0 radical (unpaired) electrons. The van der Waals surface area contributed by atoms with Gasteiger partial charge < -0.3 is 34.6 Å². The summed E-state index contributed by atoms with van der Waals surface area (Å²) in [6, 6.07) is 12.8. The second-order valence-electron chi connectivity index (χ2n) is 15.8. The summed E-state index contributed by atoms with van der Waals surface area (Å²) in [5, 5.41) is 2.73. The van der Waals surface area contributed by atoms with Crippen molar-refractivity contribution in [2.45, 2.75) is 90.4 Å². The average Bonchev–Trinajstić information content (AvgIpc) is 4.02. The van der Waals surface area contributed by atoms with Crippen molar-refractivity contribution in [1.82, 2.24) is 35.1 Å². The molecule has 5 heterocycles. The third kappa shape index (κ3) is 7.47. The van der Waals surface area contributed by atoms with Crippen LogP contribution in [0.3, 0.4) is 0 Å². The zero-order valence-electron chi connectivity index (χ0n) is 32.1. The van der Waals surface area contributed by atoms with Crippen LogP contribution in [0.2, 0.25) is 0 Å². The molecule has 0 bridgehead atoms. The van der Waals surface area contributed by atoms with Gasteiger partial charge in [-0.15, -0.1) is 0 Å². The van der Waals surface area contributed by atoms with Gasteiger partial charge in [-0.25, -0.2) is 14.8 Å². The number of benzene rings is 2. The van der Waals surface area contributed by atoms with E-state index in [0.717, 1.165) is 71.5 Å². The minimum Gasteiger partial charge on any atom is -0.453 e. The molecule has 1 spiro atoms. The first-order valence-corrected chi connectivity index (χ1v) is 19.2. The predicted octanol–water partition coefficient (Wildman–Crippen LogP) is 6.51. The second kappa shape index (κ2) is 15.3. The number of amides is 3. The molecule has 3 fully saturated rings. The highest BCUT2D eigenvalue weighted by atomic mass is 16.5. The van der Waals surface area contributed by atoms with E-state index < -0.39 is 17.7 Å². The third-order valence-electron chi connectivity index (χ3n) is 11.5. The second-order valence-corrected chi connectivity index (χ2v) is 15.8. The molecule has 3 aliphatic rings. The molecule has 284 valence electrons. The van der Waals surface area contributed by atoms with Crippen LogP contribution in [-0.4, -0.2) is 86.1 Å². The van der Waals surface area contributed by atoms with Crippen LogP contribution < -0.4 is 5.32 Å². The number of H-pyrrole nitrogens is 2. The Hall–Kier alpha value is -5.15. The Morgan fingerprint density at radius 1 is 0.926 bits per heavy atom. The van der Waals surface area contributed by atoms with Gasteiger partial charge in [-0.05, 0) is 73.4 Å². The molecule has 12 heteroatoms. The zero-order valence-corrected chi connectivity index (χ0v) is 32.1. The molecule has 0 unspecified atom stereocenters. The van der Waals surface area contributed by atoms with Crippen LogP contribution >= 0.6 is 0 Å². The number of likely N-dealkylation sites (tertiary alicyclic amines) is 2. The lowest BCUT2D eigenvalue weighted by Crippen LogP contribution is -2.51. The Bertz CT molecular complexity index is 2070. The molecule has 54 heavy (non-hydrogen) atoms. The molecular weight excluding hydrogens is 683 g/mol. The molecule has 3 N–H and O–H groups in total. The highest BCUT2D eigenvalue weighted by molar-refractivity contribution is 5.87. The van der Waals surface area contributed by atoms with E-state index in [0.29, 0.717) is 31.3 Å². The first-order chi connectivity index (χ1) is 25.9. The van der Waals surface area contributed by atoms with Crippen molar-refractivity contribution < 1.29 is 23.9 Å². The Balaban J connectivity index is 1.06. The molecule has 5 atom stereocenters. The third-order valence-corrected chi connectivity index (χ3v) is 11.5. The summed E-state index contributed by atoms with van der Waals surface area (Å²) in [5.41, 5.74) is 4.81. The van der Waals surface area contributed by atoms with Crippen molar-refractivity contribution in [3.05, 3.63) is 71.4 Å². The van der Waals surface area contributed by atoms with Gasteiger partial charge in [0.15, 0.2) is 0 Å². The van der Waals surface area contributed by atoms with E-state index in [1.807, 2.05) is 79.2 Å². The SMILES string of the molecule is COC(=O)N[C@H](C(=O)N1C[C@]2(CCCO2)C[C@H]1c1nc2ccc(C#Cc3ccc(-c4cnc([C@@H]5CCCN5C(=O)[C@@H](C)C(C)C)[nH]4)cc3)cc2[nH]1)C(C)C. The van der Waals surface area contributed by atoms with E-state index in [9.17, 15) is 14.4 Å². The maximum atomic E-state index is 14.0. The number of hydrogen-bond donors (Lipinski definition) is 3. The fraction of sp³-hybridized carbons (Fsp3) is 0.500. The first-order valence-electron chi connectivity index (χ1n) is 19.2. The van der Waals surface area contributed by atoms with Gasteiger partial charge >= 0.3 is 6.09 Å². The van der Waals surface area contributed by atoms with Crippen LogP contribution in [0, 0.1) is 29.6 Å². The number of carbonyl (C=O) groups excluding carboxylic acids is 3. The number of hydrogen-bond acceptors (Lipinski definition) is 7. The van der Waals surface area contributed by atoms with Gasteiger partial charge in [0.1, 0.15) is 17.7 Å². The zero-order chi connectivity index (χ0) is 38.1. The van der Waals surface area contributed by atoms with Gasteiger partial charge in [0, 0.05) is 36.6 Å². The number of rotatable bonds is 8. The van der Waals surface area contributed by atoms with Crippen molar-refractivity contribution in [1.29, 1.82) is 0 Å². The van der Waals surface area contributed by atoms with Gasteiger partial charge in [0.05, 0.1) is 54.3 Å². The highest BCUT2D eigenvalue weighted by Gasteiger charge is 2.51. The smallest absolute Gasteiger partial charge is 0.407 e. The number of carbonyl (C=O) groups is 3. The topological polar surface area (TPSA) is 146 Å². The largest absolute Gasteiger partial charge is 0.453 e. The molecule has 7 rings (SSSR count). The Morgan fingerprint density at radius 2 is 1.69 bits per heavy atom. The maximum Gasteiger partial charge on any atom is 0.407 e. The highest BCUT2D eigenvalue weighted by Crippen LogP contribution is 2.45. The molecule has 3 saturated heterocycles. The molecule has 12 nitrogen and oxygen atoms in total. The van der Waals surface area contributed by atoms with Gasteiger partial charge in [-0.2, -0.15) is 0 Å². The summed E-state index contributed by atoms with van der Waals surface area (Å²) in [7, 11) is 1.29. The Labute approximate surface area is 316 Å². The summed E-state index contributed by atoms with van der Waals surface area (Å²) in [5.74, 6) is 8.25. The van der Waals surface area contributed by atoms with E-state index >= 15 is 0 Å². The standard InChI is InChI=1S/C42H51N7O5/c1-25(2)27(5)39(50)48-19-7-9-34(48)37-43-23-33(46-37)30-15-12-28(13-16-30)10-11-29-14-17-31-32(21-29)45-38(44-31)35-22-42(18-8-20-54-42)24-49(35)40(51)36(26(3)4)47-41(52)53-6/h12-17,21,23,25-27,34-36H,7-9,18-20,22,24H2,1-6H3,(H,43,46)(H,44,45)(H,47,52)/t27-,34-,35-,36-,42-/m0/s1. The first kappa shape index (κ1) is 37.2. The average molecular weight is 734 g/mol. The number of nitrogens with zero attached hydrogens (tertiary/aromatic N) is 4. The number of nitrogens with one attached hydrogen (secondary N) is 3. The molecule has 2 aromatic heterocycles. The molecule has 4 aromatic rings. The molecule has 3 aliphatic heterocycles. The van der Waals surface area contributed by atoms with Gasteiger partial charge in [-0.3, -0.25) is 9.59 Å². The van der Waals surface area contributed by atoms with Crippen molar-refractivity contribution in [2.24, 2.45) is 17.8 Å². The van der Waals surface area contributed by atoms with Crippen LogP contribution in [0.1, 0.15) is 102 Å². The van der Waals surface area contributed by atoms with Crippen LogP contribution in [0.4, 0.5) is 4.79 Å². The van der Waals surface area contributed by atoms with E-state index in [2.05, 4.69) is 46.0 Å². The maximum absolute atomic E-state index is 14.0. The monoisotopic (exact) mass is 733 g/mol. The lowest BCUT2D eigenvalue weighted by atomic mass is 9.96. The van der Waals surface area contributed by atoms with Crippen LogP contribution in [0.5, 0.6) is 0 Å². The number of aromatic amines is 2. The van der Waals surface area contributed by atoms with Gasteiger partial charge in [0.2, 0.25) is 11.8 Å². The molecule has 0 saturated carbocycles. The summed E-state index contributed by atoms with van der Waals surface area (Å²) in [6.45, 7) is 11.9. The number of aromatic nitrogens is 4. The quantitative estimate of drug-likeness (QED) is 0.175. The number of fused-ring (bicyclic) bond motifs is 1. The fourth-order valence-corrected chi connectivity index (χ4v) is 8.00.